The fourth-order valence-corrected chi connectivity index (χ4v) is 3.95. The van der Waals surface area contributed by atoms with Crippen molar-refractivity contribution in [2.45, 2.75) is 6.54 Å². The first-order valence-electron chi connectivity index (χ1n) is 7.48. The van der Waals surface area contributed by atoms with E-state index in [2.05, 4.69) is 4.90 Å². The van der Waals surface area contributed by atoms with Crippen LogP contribution in [0.1, 0.15) is 0 Å². The Morgan fingerprint density at radius 2 is 2.00 bits per heavy atom. The van der Waals surface area contributed by atoms with Crippen LogP contribution in [-0.2, 0) is 11.3 Å². The summed E-state index contributed by atoms with van der Waals surface area (Å²) in [7, 11) is 0. The van der Waals surface area contributed by atoms with Crippen LogP contribution in [0.4, 0.5) is 0 Å². The molecule has 1 aliphatic heterocycles. The van der Waals surface area contributed by atoms with Crippen molar-refractivity contribution in [1.29, 1.82) is 0 Å². The summed E-state index contributed by atoms with van der Waals surface area (Å²) in [5, 5.41) is 9.53. The lowest BCUT2D eigenvalue weighted by atomic mass is 10.3. The molecule has 0 saturated carbocycles. The molecule has 8 heteroatoms. The SMILES string of the molecule is O=C(Cn1c(=O)sc2cc(Cl)ccc21)N1CCN(CCO)CC1. The van der Waals surface area contributed by atoms with Gasteiger partial charge in [0.1, 0.15) is 6.54 Å². The number of aliphatic hydroxyl groups excluding tert-OH is 1. The summed E-state index contributed by atoms with van der Waals surface area (Å²) in [6, 6.07) is 5.25. The van der Waals surface area contributed by atoms with E-state index >= 15 is 0 Å². The van der Waals surface area contributed by atoms with Gasteiger partial charge in [-0.2, -0.15) is 0 Å². The third kappa shape index (κ3) is 3.58. The molecule has 0 bridgehead atoms. The molecule has 1 aromatic heterocycles. The molecule has 2 heterocycles. The summed E-state index contributed by atoms with van der Waals surface area (Å²) in [6.45, 7) is 3.58. The first kappa shape index (κ1) is 16.4. The van der Waals surface area contributed by atoms with Crippen LogP contribution < -0.4 is 4.87 Å². The zero-order valence-corrected chi connectivity index (χ0v) is 14.1. The number of fused-ring (bicyclic) bond motifs is 1. The van der Waals surface area contributed by atoms with Crippen LogP contribution in [0.5, 0.6) is 0 Å². The van der Waals surface area contributed by atoms with E-state index in [4.69, 9.17) is 16.7 Å². The Bertz CT molecular complexity index is 765. The molecule has 2 aromatic rings. The van der Waals surface area contributed by atoms with E-state index in [1.54, 1.807) is 23.1 Å². The Morgan fingerprint density at radius 1 is 1.26 bits per heavy atom. The molecule has 0 radical (unpaired) electrons. The molecule has 1 amide bonds. The topological polar surface area (TPSA) is 65.8 Å². The zero-order valence-electron chi connectivity index (χ0n) is 12.6. The van der Waals surface area contributed by atoms with Gasteiger partial charge in [-0.3, -0.25) is 19.1 Å². The molecule has 0 spiro atoms. The molecule has 0 atom stereocenters. The molecule has 124 valence electrons. The summed E-state index contributed by atoms with van der Waals surface area (Å²) in [5.74, 6) is -0.0506. The molecule has 6 nitrogen and oxygen atoms in total. The van der Waals surface area contributed by atoms with E-state index in [9.17, 15) is 9.59 Å². The van der Waals surface area contributed by atoms with Crippen molar-refractivity contribution in [3.63, 3.8) is 0 Å². The number of thiazole rings is 1. The number of carbonyl (C=O) groups is 1. The molecular weight excluding hydrogens is 338 g/mol. The van der Waals surface area contributed by atoms with Gasteiger partial charge in [-0.1, -0.05) is 22.9 Å². The Hall–Kier alpha value is -1.41. The minimum absolute atomic E-state index is 0.0506. The number of aliphatic hydroxyl groups is 1. The van der Waals surface area contributed by atoms with Crippen LogP contribution >= 0.6 is 22.9 Å². The zero-order chi connectivity index (χ0) is 16.4. The van der Waals surface area contributed by atoms with Gasteiger partial charge in [-0.15, -0.1) is 0 Å². The number of hydrogen-bond acceptors (Lipinski definition) is 5. The van der Waals surface area contributed by atoms with Crippen LogP contribution in [-0.4, -0.2) is 64.7 Å². The number of piperazine rings is 1. The first-order valence-corrected chi connectivity index (χ1v) is 8.68. The van der Waals surface area contributed by atoms with Gasteiger partial charge in [0.25, 0.3) is 0 Å². The Morgan fingerprint density at radius 3 is 2.70 bits per heavy atom. The van der Waals surface area contributed by atoms with Gasteiger partial charge in [0.15, 0.2) is 0 Å². The third-order valence-corrected chi connectivity index (χ3v) is 5.24. The van der Waals surface area contributed by atoms with E-state index in [1.165, 1.54) is 4.57 Å². The second-order valence-corrected chi connectivity index (χ2v) is 6.94. The second kappa shape index (κ2) is 7.00. The summed E-state index contributed by atoms with van der Waals surface area (Å²) < 4.78 is 2.31. The molecule has 1 fully saturated rings. The normalized spacial score (nSPS) is 16.2. The highest BCUT2D eigenvalue weighted by Crippen LogP contribution is 2.21. The average molecular weight is 356 g/mol. The average Bonchev–Trinajstić information content (AvgIpc) is 2.83. The van der Waals surface area contributed by atoms with E-state index in [0.717, 1.165) is 34.6 Å². The number of nitrogens with zero attached hydrogens (tertiary/aromatic N) is 3. The van der Waals surface area contributed by atoms with Gasteiger partial charge in [-0.25, -0.2) is 0 Å². The van der Waals surface area contributed by atoms with Gasteiger partial charge < -0.3 is 10.0 Å². The van der Waals surface area contributed by atoms with Gasteiger partial charge in [0.05, 0.1) is 16.8 Å². The molecule has 0 aliphatic carbocycles. The minimum Gasteiger partial charge on any atom is -0.395 e. The van der Waals surface area contributed by atoms with Gasteiger partial charge in [0, 0.05) is 37.7 Å². The van der Waals surface area contributed by atoms with Crippen molar-refractivity contribution in [2.24, 2.45) is 0 Å². The fourth-order valence-electron chi connectivity index (χ4n) is 2.79. The second-order valence-electron chi connectivity index (χ2n) is 5.51. The van der Waals surface area contributed by atoms with Crippen LogP contribution in [0.3, 0.4) is 0 Å². The summed E-state index contributed by atoms with van der Waals surface area (Å²) >= 11 is 7.05. The van der Waals surface area contributed by atoms with Crippen molar-refractivity contribution < 1.29 is 9.90 Å². The van der Waals surface area contributed by atoms with Crippen molar-refractivity contribution >= 4 is 39.1 Å². The summed E-state index contributed by atoms with van der Waals surface area (Å²) in [6.07, 6.45) is 0. The third-order valence-electron chi connectivity index (χ3n) is 4.06. The predicted molar refractivity (Wildman–Crippen MR) is 91.2 cm³/mol. The maximum Gasteiger partial charge on any atom is 0.308 e. The Labute approximate surface area is 142 Å². The molecular formula is C15H18ClN3O3S. The molecule has 1 aliphatic rings. The van der Waals surface area contributed by atoms with E-state index in [1.807, 2.05) is 0 Å². The van der Waals surface area contributed by atoms with Gasteiger partial charge in [-0.05, 0) is 18.2 Å². The van der Waals surface area contributed by atoms with Crippen LogP contribution in [0, 0.1) is 0 Å². The molecule has 23 heavy (non-hydrogen) atoms. The first-order chi connectivity index (χ1) is 11.1. The standard InChI is InChI=1S/C15H18ClN3O3S/c16-11-1-2-12-13(9-11)23-15(22)19(12)10-14(21)18-5-3-17(4-6-18)7-8-20/h1-2,9,20H,3-8,10H2. The van der Waals surface area contributed by atoms with E-state index in [0.29, 0.717) is 24.7 Å². The number of β-amino-alcohol motifs (C(OH)–C–C–N with tert-alkyl or cyclic N) is 1. The number of rotatable bonds is 4. The fraction of sp³-hybridized carbons (Fsp3) is 0.467. The Kier molecular flexibility index (Phi) is 5.01. The molecule has 1 N–H and O–H groups in total. The lowest BCUT2D eigenvalue weighted by molar-refractivity contribution is -0.133. The van der Waals surface area contributed by atoms with Gasteiger partial charge in [0.2, 0.25) is 5.91 Å². The number of amides is 1. The van der Waals surface area contributed by atoms with E-state index < -0.39 is 0 Å². The van der Waals surface area contributed by atoms with Crippen molar-refractivity contribution in [1.82, 2.24) is 14.4 Å². The summed E-state index contributed by atoms with van der Waals surface area (Å²) in [4.78, 5) is 28.4. The predicted octanol–water partition coefficient (Wildman–Crippen LogP) is 0.853. The number of benzene rings is 1. The highest BCUT2D eigenvalue weighted by atomic mass is 35.5. The smallest absolute Gasteiger partial charge is 0.308 e. The number of halogens is 1. The summed E-state index contributed by atoms with van der Waals surface area (Å²) in [5.41, 5.74) is 0.747. The quantitative estimate of drug-likeness (QED) is 0.883. The van der Waals surface area contributed by atoms with Crippen LogP contribution in [0.25, 0.3) is 10.2 Å². The highest BCUT2D eigenvalue weighted by Gasteiger charge is 2.22. The van der Waals surface area contributed by atoms with Crippen molar-refractivity contribution in [3.05, 3.63) is 32.9 Å². The van der Waals surface area contributed by atoms with Gasteiger partial charge >= 0.3 is 4.87 Å². The highest BCUT2D eigenvalue weighted by molar-refractivity contribution is 7.16. The van der Waals surface area contributed by atoms with Crippen molar-refractivity contribution in [2.75, 3.05) is 39.3 Å². The van der Waals surface area contributed by atoms with Crippen LogP contribution in [0.15, 0.2) is 23.0 Å². The number of hydrogen-bond donors (Lipinski definition) is 1. The monoisotopic (exact) mass is 355 g/mol. The maximum absolute atomic E-state index is 12.5. The number of carbonyl (C=O) groups excluding carboxylic acids is 1. The Balaban J connectivity index is 1.71. The largest absolute Gasteiger partial charge is 0.395 e. The lowest BCUT2D eigenvalue weighted by Crippen LogP contribution is -2.50. The van der Waals surface area contributed by atoms with E-state index in [-0.39, 0.29) is 23.9 Å². The minimum atomic E-state index is -0.144. The molecule has 1 aromatic carbocycles. The lowest BCUT2D eigenvalue weighted by Gasteiger charge is -2.34. The maximum atomic E-state index is 12.5. The number of aromatic nitrogens is 1. The molecule has 1 saturated heterocycles. The molecule has 3 rings (SSSR count). The van der Waals surface area contributed by atoms with Crippen LogP contribution in [0.2, 0.25) is 5.02 Å². The molecule has 0 unspecified atom stereocenters. The van der Waals surface area contributed by atoms with Crippen molar-refractivity contribution in [3.8, 4) is 0 Å².